The zero-order valence-electron chi connectivity index (χ0n) is 18.2. The molecule has 4 aromatic rings. The number of nitrogens with two attached hydrogens (primary N) is 1. The van der Waals surface area contributed by atoms with Crippen molar-refractivity contribution in [2.75, 3.05) is 0 Å². The molecule has 0 aliphatic heterocycles. The molecule has 0 saturated heterocycles. The van der Waals surface area contributed by atoms with Crippen LogP contribution in [0.1, 0.15) is 27.0 Å². The Morgan fingerprint density at radius 3 is 2.44 bits per heavy atom. The molecule has 0 bridgehead atoms. The number of rotatable bonds is 9. The van der Waals surface area contributed by atoms with Crippen molar-refractivity contribution in [3.05, 3.63) is 101 Å². The van der Waals surface area contributed by atoms with E-state index in [0.717, 1.165) is 22.0 Å². The molecule has 8 heteroatoms. The fourth-order valence-corrected chi connectivity index (χ4v) is 3.61. The minimum absolute atomic E-state index is 0.0116. The normalized spacial score (nSPS) is 11.6. The van der Waals surface area contributed by atoms with E-state index in [1.807, 2.05) is 30.3 Å². The average molecular weight is 457 g/mol. The van der Waals surface area contributed by atoms with Gasteiger partial charge in [-0.25, -0.2) is 4.79 Å². The van der Waals surface area contributed by atoms with Crippen molar-refractivity contribution in [1.29, 1.82) is 5.41 Å². The molecule has 6 N–H and O–H groups in total. The van der Waals surface area contributed by atoms with Gasteiger partial charge in [-0.05, 0) is 41.5 Å². The topological polar surface area (TPSA) is 141 Å². The number of H-pyrrole nitrogens is 1. The second-order valence-electron chi connectivity index (χ2n) is 7.86. The number of hydrogen-bond donors (Lipinski definition) is 5. The van der Waals surface area contributed by atoms with Gasteiger partial charge < -0.3 is 25.9 Å². The third-order valence-corrected chi connectivity index (χ3v) is 5.47. The summed E-state index contributed by atoms with van der Waals surface area (Å²) in [6, 6.07) is 20.2. The first-order valence-corrected chi connectivity index (χ1v) is 10.7. The number of carboxylic acids is 1. The van der Waals surface area contributed by atoms with Crippen LogP contribution in [0.4, 0.5) is 0 Å². The Labute approximate surface area is 195 Å². The molecule has 0 spiro atoms. The fraction of sp³-hybridized carbons (Fsp3) is 0.115. The van der Waals surface area contributed by atoms with Gasteiger partial charge in [0.05, 0.1) is 0 Å². The fourth-order valence-electron chi connectivity index (χ4n) is 3.61. The molecular formula is C26H24N4O4. The van der Waals surface area contributed by atoms with E-state index >= 15 is 0 Å². The van der Waals surface area contributed by atoms with E-state index in [0.29, 0.717) is 23.5 Å². The molecule has 172 valence electrons. The highest BCUT2D eigenvalue weighted by atomic mass is 16.5. The summed E-state index contributed by atoms with van der Waals surface area (Å²) >= 11 is 0. The molecule has 1 aromatic heterocycles. The van der Waals surface area contributed by atoms with Gasteiger partial charge in [0.1, 0.15) is 24.2 Å². The number of nitrogens with one attached hydrogen (secondary N) is 3. The molecule has 0 radical (unpaired) electrons. The number of amides is 1. The van der Waals surface area contributed by atoms with Crippen molar-refractivity contribution in [3.8, 4) is 5.75 Å². The Bertz CT molecular complexity index is 1330. The summed E-state index contributed by atoms with van der Waals surface area (Å²) < 4.78 is 5.91. The second-order valence-corrected chi connectivity index (χ2v) is 7.86. The quantitative estimate of drug-likeness (QED) is 0.194. The second kappa shape index (κ2) is 9.91. The van der Waals surface area contributed by atoms with Crippen molar-refractivity contribution in [3.63, 3.8) is 0 Å². The van der Waals surface area contributed by atoms with Crippen LogP contribution in [0.3, 0.4) is 0 Å². The molecule has 1 amide bonds. The molecule has 0 aliphatic carbocycles. The van der Waals surface area contributed by atoms with Crippen molar-refractivity contribution >= 4 is 28.6 Å². The van der Waals surface area contributed by atoms with Gasteiger partial charge in [-0.2, -0.15) is 0 Å². The number of aromatic amines is 1. The number of aliphatic carboxylic acids is 1. The summed E-state index contributed by atoms with van der Waals surface area (Å²) in [7, 11) is 0. The van der Waals surface area contributed by atoms with Gasteiger partial charge in [-0.15, -0.1) is 0 Å². The number of hydrogen-bond acceptors (Lipinski definition) is 4. The van der Waals surface area contributed by atoms with E-state index in [1.54, 1.807) is 48.7 Å². The lowest BCUT2D eigenvalue weighted by Crippen LogP contribution is -2.42. The third-order valence-electron chi connectivity index (χ3n) is 5.47. The van der Waals surface area contributed by atoms with E-state index in [9.17, 15) is 14.7 Å². The minimum atomic E-state index is -1.11. The maximum atomic E-state index is 12.5. The van der Waals surface area contributed by atoms with E-state index in [4.69, 9.17) is 15.9 Å². The lowest BCUT2D eigenvalue weighted by molar-refractivity contribution is -0.139. The van der Waals surface area contributed by atoms with Crippen LogP contribution >= 0.6 is 0 Å². The number of nitrogen functional groups attached to an aromatic ring is 1. The number of aromatic nitrogens is 1. The smallest absolute Gasteiger partial charge is 0.326 e. The molecule has 4 rings (SSSR count). The predicted molar refractivity (Wildman–Crippen MR) is 129 cm³/mol. The Balaban J connectivity index is 1.48. The highest BCUT2D eigenvalue weighted by Gasteiger charge is 2.22. The van der Waals surface area contributed by atoms with Gasteiger partial charge in [0, 0.05) is 34.6 Å². The monoisotopic (exact) mass is 456 g/mol. The van der Waals surface area contributed by atoms with E-state index in [-0.39, 0.29) is 12.3 Å². The first kappa shape index (κ1) is 22.6. The third kappa shape index (κ3) is 5.24. The number of carbonyl (C=O) groups excluding carboxylic acids is 1. The van der Waals surface area contributed by atoms with Crippen molar-refractivity contribution in [2.24, 2.45) is 5.73 Å². The summed E-state index contributed by atoms with van der Waals surface area (Å²) in [6.07, 6.45) is 1.86. The molecule has 0 saturated carbocycles. The van der Waals surface area contributed by atoms with Crippen LogP contribution in [0.5, 0.6) is 5.75 Å². The number of carbonyl (C=O) groups is 2. The van der Waals surface area contributed by atoms with Crippen LogP contribution in [-0.4, -0.2) is 33.8 Å². The molecule has 3 aromatic carbocycles. The predicted octanol–water partition coefficient (Wildman–Crippen LogP) is 3.46. The van der Waals surface area contributed by atoms with Gasteiger partial charge in [0.2, 0.25) is 0 Å². The molecule has 1 heterocycles. The first-order chi connectivity index (χ1) is 16.4. The Morgan fingerprint density at radius 1 is 1.03 bits per heavy atom. The van der Waals surface area contributed by atoms with Crippen LogP contribution < -0.4 is 15.8 Å². The molecule has 34 heavy (non-hydrogen) atoms. The summed E-state index contributed by atoms with van der Waals surface area (Å²) in [5.74, 6) is -0.908. The van der Waals surface area contributed by atoms with Crippen LogP contribution in [0.2, 0.25) is 0 Å². The van der Waals surface area contributed by atoms with Gasteiger partial charge in [-0.1, -0.05) is 42.5 Å². The Kier molecular flexibility index (Phi) is 6.59. The minimum Gasteiger partial charge on any atom is -0.489 e. The van der Waals surface area contributed by atoms with E-state index in [2.05, 4.69) is 10.3 Å². The summed E-state index contributed by atoms with van der Waals surface area (Å²) in [4.78, 5) is 27.5. The van der Waals surface area contributed by atoms with Crippen LogP contribution in [0, 0.1) is 5.41 Å². The average Bonchev–Trinajstić information content (AvgIpc) is 3.25. The van der Waals surface area contributed by atoms with Crippen LogP contribution in [-0.2, 0) is 17.8 Å². The number of benzene rings is 3. The van der Waals surface area contributed by atoms with Crippen molar-refractivity contribution in [2.45, 2.75) is 19.1 Å². The van der Waals surface area contributed by atoms with E-state index in [1.165, 1.54) is 0 Å². The molecule has 0 fully saturated rings. The van der Waals surface area contributed by atoms with Crippen LogP contribution in [0.25, 0.3) is 10.9 Å². The summed E-state index contributed by atoms with van der Waals surface area (Å²) in [5.41, 5.74) is 9.06. The summed E-state index contributed by atoms with van der Waals surface area (Å²) in [5, 5.41) is 20.6. The molecule has 8 nitrogen and oxygen atoms in total. The highest BCUT2D eigenvalue weighted by Crippen LogP contribution is 2.25. The first-order valence-electron chi connectivity index (χ1n) is 10.7. The number of fused-ring (bicyclic) bond motifs is 1. The molecule has 1 unspecified atom stereocenters. The number of ether oxygens (including phenoxy) is 1. The Morgan fingerprint density at radius 2 is 1.76 bits per heavy atom. The number of amidine groups is 1. The summed E-state index contributed by atoms with van der Waals surface area (Å²) in [6.45, 7) is 0.328. The largest absolute Gasteiger partial charge is 0.489 e. The molecular weight excluding hydrogens is 432 g/mol. The van der Waals surface area contributed by atoms with Crippen molar-refractivity contribution in [1.82, 2.24) is 10.3 Å². The number of carboxylic acid groups (broad SMARTS) is 1. The highest BCUT2D eigenvalue weighted by molar-refractivity contribution is 5.97. The maximum Gasteiger partial charge on any atom is 0.326 e. The molecule has 1 atom stereocenters. The van der Waals surface area contributed by atoms with Crippen LogP contribution in [0.15, 0.2) is 79.0 Å². The van der Waals surface area contributed by atoms with Gasteiger partial charge in [-0.3, -0.25) is 10.2 Å². The standard InChI is InChI=1S/C26H24N4O4/c27-24(28)17-8-6-16(7-9-17)15-34-20-10-11-22-21(13-20)19(14-29-22)12-23(26(32)33)30-25(31)18-4-2-1-3-5-18/h1-11,13-14,23,29H,12,15H2,(H3,27,28)(H,30,31)(H,32,33). The molecule has 0 aliphatic rings. The maximum absolute atomic E-state index is 12.5. The zero-order valence-corrected chi connectivity index (χ0v) is 18.2. The van der Waals surface area contributed by atoms with E-state index < -0.39 is 17.9 Å². The SMILES string of the molecule is N=C(N)c1ccc(COc2ccc3[nH]cc(CC(NC(=O)c4ccccc4)C(=O)O)c3c2)cc1. The Hall–Kier alpha value is -4.59. The van der Waals surface area contributed by atoms with Crippen molar-refractivity contribution < 1.29 is 19.4 Å². The van der Waals surface area contributed by atoms with Gasteiger partial charge >= 0.3 is 5.97 Å². The zero-order chi connectivity index (χ0) is 24.1. The van der Waals surface area contributed by atoms with Gasteiger partial charge in [0.25, 0.3) is 5.91 Å². The lowest BCUT2D eigenvalue weighted by atomic mass is 10.0. The lowest BCUT2D eigenvalue weighted by Gasteiger charge is -2.14. The van der Waals surface area contributed by atoms with Gasteiger partial charge in [0.15, 0.2) is 0 Å².